The van der Waals surface area contributed by atoms with Gasteiger partial charge >= 0.3 is 6.09 Å². The fourth-order valence-corrected chi connectivity index (χ4v) is 2.48. The third-order valence-electron chi connectivity index (χ3n) is 3.74. The first kappa shape index (κ1) is 15.8. The molecule has 5 heteroatoms. The van der Waals surface area contributed by atoms with Gasteiger partial charge in [0.15, 0.2) is 6.29 Å². The number of benzene rings is 1. The van der Waals surface area contributed by atoms with Crippen molar-refractivity contribution in [1.29, 1.82) is 0 Å². The smallest absolute Gasteiger partial charge is 0.410 e. The molecule has 0 radical (unpaired) electrons. The van der Waals surface area contributed by atoms with Crippen molar-refractivity contribution in [2.24, 2.45) is 5.92 Å². The van der Waals surface area contributed by atoms with Gasteiger partial charge in [0.05, 0.1) is 0 Å². The minimum absolute atomic E-state index is 0.100. The Morgan fingerprint density at radius 1 is 1.33 bits per heavy atom. The minimum atomic E-state index is -0.725. The molecule has 116 valence electrons. The van der Waals surface area contributed by atoms with Crippen LogP contribution in [0, 0.1) is 5.92 Å². The lowest BCUT2D eigenvalue weighted by Crippen LogP contribution is -2.42. The number of piperidine rings is 1. The number of ether oxygens (including phenoxy) is 2. The van der Waals surface area contributed by atoms with Crippen LogP contribution in [0.4, 0.5) is 4.79 Å². The van der Waals surface area contributed by atoms with Gasteiger partial charge in [0.1, 0.15) is 6.61 Å². The maximum absolute atomic E-state index is 12.0. The fraction of sp³-hybridized carbons (Fsp3) is 0.562. The summed E-state index contributed by atoms with van der Waals surface area (Å²) in [5.74, 6) is 0.100. The molecule has 1 heterocycles. The van der Waals surface area contributed by atoms with Gasteiger partial charge in [0, 0.05) is 25.6 Å². The van der Waals surface area contributed by atoms with E-state index in [2.05, 4.69) is 0 Å². The maximum Gasteiger partial charge on any atom is 0.410 e. The maximum atomic E-state index is 12.0. The highest BCUT2D eigenvalue weighted by atomic mass is 16.6. The Bertz CT molecular complexity index is 429. The molecule has 21 heavy (non-hydrogen) atoms. The highest BCUT2D eigenvalue weighted by molar-refractivity contribution is 5.67. The summed E-state index contributed by atoms with van der Waals surface area (Å²) in [4.78, 5) is 13.7. The lowest BCUT2D eigenvalue weighted by atomic mass is 9.96. The number of hydrogen-bond donors (Lipinski definition) is 1. The van der Waals surface area contributed by atoms with Crippen molar-refractivity contribution < 1.29 is 19.4 Å². The monoisotopic (exact) mass is 293 g/mol. The zero-order valence-electron chi connectivity index (χ0n) is 12.4. The van der Waals surface area contributed by atoms with Crippen LogP contribution in [-0.2, 0) is 16.1 Å². The van der Waals surface area contributed by atoms with Crippen LogP contribution in [0.25, 0.3) is 0 Å². The number of nitrogens with zero attached hydrogens (tertiary/aromatic N) is 1. The molecule has 1 aromatic rings. The lowest BCUT2D eigenvalue weighted by molar-refractivity contribution is -0.139. The first-order chi connectivity index (χ1) is 10.2. The van der Waals surface area contributed by atoms with Crippen LogP contribution in [0.5, 0.6) is 0 Å². The van der Waals surface area contributed by atoms with Crippen molar-refractivity contribution in [2.75, 3.05) is 19.7 Å². The van der Waals surface area contributed by atoms with Crippen molar-refractivity contribution >= 4 is 6.09 Å². The van der Waals surface area contributed by atoms with Gasteiger partial charge < -0.3 is 19.5 Å². The van der Waals surface area contributed by atoms with Crippen LogP contribution in [0.3, 0.4) is 0 Å². The summed E-state index contributed by atoms with van der Waals surface area (Å²) in [6.07, 6.45) is 0.462. The van der Waals surface area contributed by atoms with Crippen molar-refractivity contribution in [1.82, 2.24) is 4.90 Å². The molecule has 0 spiro atoms. The molecule has 1 amide bonds. The first-order valence-corrected chi connectivity index (χ1v) is 7.46. The molecule has 0 aromatic heterocycles. The van der Waals surface area contributed by atoms with Crippen LogP contribution < -0.4 is 0 Å². The second kappa shape index (κ2) is 8.00. The third kappa shape index (κ3) is 4.72. The molecule has 1 N–H and O–H groups in total. The summed E-state index contributed by atoms with van der Waals surface area (Å²) in [6, 6.07) is 9.63. The normalized spacial score (nSPS) is 17.5. The van der Waals surface area contributed by atoms with E-state index in [0.717, 1.165) is 18.4 Å². The Morgan fingerprint density at radius 3 is 2.62 bits per heavy atom. The second-order valence-corrected chi connectivity index (χ2v) is 5.21. The van der Waals surface area contributed by atoms with Crippen molar-refractivity contribution in [2.45, 2.75) is 32.7 Å². The van der Waals surface area contributed by atoms with Gasteiger partial charge in [0.25, 0.3) is 0 Å². The third-order valence-corrected chi connectivity index (χ3v) is 3.74. The zero-order chi connectivity index (χ0) is 15.1. The average Bonchev–Trinajstić information content (AvgIpc) is 2.54. The molecule has 1 atom stereocenters. The van der Waals surface area contributed by atoms with E-state index in [1.165, 1.54) is 0 Å². The highest BCUT2D eigenvalue weighted by Crippen LogP contribution is 2.22. The Balaban J connectivity index is 1.73. The van der Waals surface area contributed by atoms with Gasteiger partial charge in [-0.1, -0.05) is 30.3 Å². The molecule has 1 unspecified atom stereocenters. The van der Waals surface area contributed by atoms with E-state index in [1.54, 1.807) is 4.90 Å². The van der Waals surface area contributed by atoms with E-state index >= 15 is 0 Å². The molecule has 1 aromatic carbocycles. The minimum Gasteiger partial charge on any atom is -0.445 e. The van der Waals surface area contributed by atoms with Crippen molar-refractivity contribution in [3.8, 4) is 0 Å². The number of rotatable bonds is 5. The molecule has 1 fully saturated rings. The van der Waals surface area contributed by atoms with Crippen LogP contribution >= 0.6 is 0 Å². The number of hydrogen-bond acceptors (Lipinski definition) is 4. The number of aliphatic hydroxyl groups is 1. The van der Waals surface area contributed by atoms with E-state index in [0.29, 0.717) is 26.3 Å². The van der Waals surface area contributed by atoms with Crippen molar-refractivity contribution in [3.05, 3.63) is 35.9 Å². The lowest BCUT2D eigenvalue weighted by Gasteiger charge is -2.33. The average molecular weight is 293 g/mol. The summed E-state index contributed by atoms with van der Waals surface area (Å²) < 4.78 is 10.5. The molecule has 1 aliphatic rings. The van der Waals surface area contributed by atoms with Gasteiger partial charge in [-0.3, -0.25) is 0 Å². The quantitative estimate of drug-likeness (QED) is 0.847. The molecular weight excluding hydrogens is 270 g/mol. The fourth-order valence-electron chi connectivity index (χ4n) is 2.48. The summed E-state index contributed by atoms with van der Waals surface area (Å²) in [5, 5.41) is 9.79. The summed E-state index contributed by atoms with van der Waals surface area (Å²) >= 11 is 0. The van der Waals surface area contributed by atoms with Gasteiger partial charge in [-0.05, 0) is 25.3 Å². The van der Waals surface area contributed by atoms with Crippen molar-refractivity contribution in [3.63, 3.8) is 0 Å². The summed E-state index contributed by atoms with van der Waals surface area (Å²) in [5.41, 5.74) is 0.979. The Labute approximate surface area is 125 Å². The SMILES string of the molecule is CCOC(O)C1CCN(C(=O)OCc2ccccc2)CC1. The van der Waals surface area contributed by atoms with Gasteiger partial charge in [-0.15, -0.1) is 0 Å². The molecular formula is C16H23NO4. The zero-order valence-corrected chi connectivity index (χ0v) is 12.4. The molecule has 0 aliphatic carbocycles. The second-order valence-electron chi connectivity index (χ2n) is 5.21. The number of amides is 1. The Morgan fingerprint density at radius 2 is 2.00 bits per heavy atom. The molecule has 0 saturated carbocycles. The number of carbonyl (C=O) groups is 1. The van der Waals surface area contributed by atoms with E-state index in [9.17, 15) is 9.90 Å². The van der Waals surface area contributed by atoms with Gasteiger partial charge in [0.2, 0.25) is 0 Å². The molecule has 0 bridgehead atoms. The standard InChI is InChI=1S/C16H23NO4/c1-2-20-15(18)14-8-10-17(11-9-14)16(19)21-12-13-6-4-3-5-7-13/h3-7,14-15,18H,2,8-12H2,1H3. The van der Waals surface area contributed by atoms with Gasteiger partial charge in [-0.25, -0.2) is 4.79 Å². The van der Waals surface area contributed by atoms with E-state index in [-0.39, 0.29) is 12.0 Å². The number of aliphatic hydroxyl groups excluding tert-OH is 1. The molecule has 1 saturated heterocycles. The predicted octanol–water partition coefficient (Wildman–Crippen LogP) is 2.39. The Hall–Kier alpha value is -1.59. The topological polar surface area (TPSA) is 59.0 Å². The molecule has 2 rings (SSSR count). The summed E-state index contributed by atoms with van der Waals surface area (Å²) in [6.45, 7) is 3.85. The Kier molecular flexibility index (Phi) is 6.02. The predicted molar refractivity (Wildman–Crippen MR) is 78.6 cm³/mol. The molecule has 5 nitrogen and oxygen atoms in total. The van der Waals surface area contributed by atoms with E-state index < -0.39 is 6.29 Å². The van der Waals surface area contributed by atoms with Crippen LogP contribution in [0.1, 0.15) is 25.3 Å². The van der Waals surface area contributed by atoms with Crippen LogP contribution in [0.2, 0.25) is 0 Å². The molecule has 1 aliphatic heterocycles. The van der Waals surface area contributed by atoms with E-state index in [1.807, 2.05) is 37.3 Å². The highest BCUT2D eigenvalue weighted by Gasteiger charge is 2.28. The first-order valence-electron chi connectivity index (χ1n) is 7.46. The number of carbonyl (C=O) groups excluding carboxylic acids is 1. The summed E-state index contributed by atoms with van der Waals surface area (Å²) in [7, 11) is 0. The van der Waals surface area contributed by atoms with Crippen LogP contribution in [0.15, 0.2) is 30.3 Å². The number of likely N-dealkylation sites (tertiary alicyclic amines) is 1. The largest absolute Gasteiger partial charge is 0.445 e. The van der Waals surface area contributed by atoms with Crippen LogP contribution in [-0.4, -0.2) is 42.1 Å². The van der Waals surface area contributed by atoms with E-state index in [4.69, 9.17) is 9.47 Å². The van der Waals surface area contributed by atoms with Gasteiger partial charge in [-0.2, -0.15) is 0 Å².